The molecule has 2 fully saturated rings. The van der Waals surface area contributed by atoms with Gasteiger partial charge in [0.05, 0.1) is 0 Å². The highest BCUT2D eigenvalue weighted by Gasteiger charge is 2.33. The first kappa shape index (κ1) is 10.4. The van der Waals surface area contributed by atoms with Gasteiger partial charge >= 0.3 is 0 Å². The van der Waals surface area contributed by atoms with E-state index in [1.54, 1.807) is 0 Å². The lowest BCUT2D eigenvalue weighted by atomic mass is 9.94. The Kier molecular flexibility index (Phi) is 3.82. The largest absolute Gasteiger partial charge is 0.330 e. The van der Waals surface area contributed by atoms with Crippen LogP contribution in [-0.4, -0.2) is 30.1 Å². The zero-order valence-corrected chi connectivity index (χ0v) is 9.25. The fourth-order valence-corrected chi connectivity index (χ4v) is 2.76. The maximum atomic E-state index is 5.60. The summed E-state index contributed by atoms with van der Waals surface area (Å²) in [6.07, 6.45) is 11.3. The summed E-state index contributed by atoms with van der Waals surface area (Å²) in [6.45, 7) is 2.11. The third-order valence-corrected chi connectivity index (χ3v) is 3.68. The van der Waals surface area contributed by atoms with Gasteiger partial charge in [-0.3, -0.25) is 4.90 Å². The molecule has 2 aliphatic carbocycles. The molecule has 0 aromatic carbocycles. The quantitative estimate of drug-likeness (QED) is 0.730. The van der Waals surface area contributed by atoms with Crippen LogP contribution in [0.5, 0.6) is 0 Å². The number of rotatable bonds is 5. The molecule has 0 aliphatic heterocycles. The van der Waals surface area contributed by atoms with Gasteiger partial charge in [0, 0.05) is 12.1 Å². The van der Waals surface area contributed by atoms with Gasteiger partial charge in [-0.25, -0.2) is 0 Å². The summed E-state index contributed by atoms with van der Waals surface area (Å²) in [4.78, 5) is 2.77. The average Bonchev–Trinajstić information content (AvgIpc) is 3.04. The van der Waals surface area contributed by atoms with E-state index in [-0.39, 0.29) is 0 Å². The van der Waals surface area contributed by atoms with E-state index >= 15 is 0 Å². The van der Waals surface area contributed by atoms with Gasteiger partial charge in [-0.15, -0.1) is 0 Å². The first-order chi connectivity index (χ1) is 6.92. The molecular weight excluding hydrogens is 172 g/mol. The van der Waals surface area contributed by atoms with Crippen molar-refractivity contribution in [2.45, 2.75) is 63.5 Å². The summed E-state index contributed by atoms with van der Waals surface area (Å²) >= 11 is 0. The van der Waals surface area contributed by atoms with Crippen molar-refractivity contribution >= 4 is 0 Å². The predicted octanol–water partition coefficient (Wildman–Crippen LogP) is 2.13. The van der Waals surface area contributed by atoms with E-state index in [9.17, 15) is 0 Å². The van der Waals surface area contributed by atoms with Gasteiger partial charge in [-0.2, -0.15) is 0 Å². The van der Waals surface area contributed by atoms with Crippen LogP contribution in [0.4, 0.5) is 0 Å². The molecule has 2 aliphatic rings. The van der Waals surface area contributed by atoms with Crippen LogP contribution in [0.25, 0.3) is 0 Å². The van der Waals surface area contributed by atoms with E-state index in [0.717, 1.165) is 18.6 Å². The molecule has 0 saturated heterocycles. The first-order valence-corrected chi connectivity index (χ1v) is 6.37. The van der Waals surface area contributed by atoms with Crippen LogP contribution in [0.2, 0.25) is 0 Å². The van der Waals surface area contributed by atoms with Crippen LogP contribution in [0, 0.1) is 0 Å². The zero-order valence-electron chi connectivity index (χ0n) is 9.25. The van der Waals surface area contributed by atoms with Gasteiger partial charge in [0.15, 0.2) is 0 Å². The molecule has 14 heavy (non-hydrogen) atoms. The molecule has 0 unspecified atom stereocenters. The Labute approximate surface area is 87.8 Å². The standard InChI is InChI=1S/C12H24N2/c13-9-4-10-14(12-7-8-12)11-5-2-1-3-6-11/h11-12H,1-10,13H2. The molecule has 0 aromatic heterocycles. The van der Waals surface area contributed by atoms with Crippen molar-refractivity contribution in [3.63, 3.8) is 0 Å². The highest BCUT2D eigenvalue weighted by atomic mass is 15.2. The topological polar surface area (TPSA) is 29.3 Å². The molecule has 0 atom stereocenters. The lowest BCUT2D eigenvalue weighted by Crippen LogP contribution is -2.39. The van der Waals surface area contributed by atoms with Crippen LogP contribution in [0.15, 0.2) is 0 Å². The van der Waals surface area contributed by atoms with E-state index in [1.165, 1.54) is 57.9 Å². The minimum Gasteiger partial charge on any atom is -0.330 e. The SMILES string of the molecule is NCCCN(C1CCCCC1)C1CC1. The van der Waals surface area contributed by atoms with Crippen LogP contribution in [0.3, 0.4) is 0 Å². The Morgan fingerprint density at radius 1 is 0.929 bits per heavy atom. The second-order valence-electron chi connectivity index (χ2n) is 4.90. The van der Waals surface area contributed by atoms with E-state index < -0.39 is 0 Å². The summed E-state index contributed by atoms with van der Waals surface area (Å²) in [7, 11) is 0. The van der Waals surface area contributed by atoms with Crippen molar-refractivity contribution in [1.82, 2.24) is 4.90 Å². The van der Waals surface area contributed by atoms with Crippen LogP contribution in [-0.2, 0) is 0 Å². The van der Waals surface area contributed by atoms with Crippen LogP contribution >= 0.6 is 0 Å². The summed E-state index contributed by atoms with van der Waals surface area (Å²) in [5.41, 5.74) is 5.60. The predicted molar refractivity (Wildman–Crippen MR) is 60.3 cm³/mol. The van der Waals surface area contributed by atoms with Gasteiger partial charge in [-0.05, 0) is 45.2 Å². The lowest BCUT2D eigenvalue weighted by Gasteiger charge is -2.34. The molecular formula is C12H24N2. The third kappa shape index (κ3) is 2.71. The van der Waals surface area contributed by atoms with Crippen molar-refractivity contribution < 1.29 is 0 Å². The highest BCUT2D eigenvalue weighted by Crippen LogP contribution is 2.33. The summed E-state index contributed by atoms with van der Waals surface area (Å²) in [5.74, 6) is 0. The Balaban J connectivity index is 1.81. The first-order valence-electron chi connectivity index (χ1n) is 6.37. The number of nitrogens with two attached hydrogens (primary N) is 1. The third-order valence-electron chi connectivity index (χ3n) is 3.68. The maximum absolute atomic E-state index is 5.60. The molecule has 0 amide bonds. The summed E-state index contributed by atoms with van der Waals surface area (Å²) in [6, 6.07) is 1.84. The number of nitrogens with zero attached hydrogens (tertiary/aromatic N) is 1. The molecule has 0 radical (unpaired) electrons. The van der Waals surface area contributed by atoms with Gasteiger partial charge in [0.2, 0.25) is 0 Å². The number of hydrogen-bond acceptors (Lipinski definition) is 2. The zero-order chi connectivity index (χ0) is 9.80. The summed E-state index contributed by atoms with van der Waals surface area (Å²) < 4.78 is 0. The van der Waals surface area contributed by atoms with Crippen LogP contribution in [0.1, 0.15) is 51.4 Å². The Hall–Kier alpha value is -0.0800. The molecule has 82 valence electrons. The Morgan fingerprint density at radius 2 is 1.57 bits per heavy atom. The molecule has 0 bridgehead atoms. The maximum Gasteiger partial charge on any atom is 0.00993 e. The van der Waals surface area contributed by atoms with Gasteiger partial charge in [0.25, 0.3) is 0 Å². The molecule has 0 aromatic rings. The average molecular weight is 196 g/mol. The van der Waals surface area contributed by atoms with E-state index in [1.807, 2.05) is 0 Å². The second-order valence-corrected chi connectivity index (χ2v) is 4.90. The van der Waals surface area contributed by atoms with Gasteiger partial charge in [-0.1, -0.05) is 19.3 Å². The van der Waals surface area contributed by atoms with Gasteiger partial charge in [0.1, 0.15) is 0 Å². The summed E-state index contributed by atoms with van der Waals surface area (Å²) in [5, 5.41) is 0. The molecule has 2 rings (SSSR count). The van der Waals surface area contributed by atoms with Crippen molar-refractivity contribution in [2.24, 2.45) is 5.73 Å². The number of hydrogen-bond donors (Lipinski definition) is 1. The minimum absolute atomic E-state index is 0.857. The van der Waals surface area contributed by atoms with E-state index in [4.69, 9.17) is 5.73 Å². The fourth-order valence-electron chi connectivity index (χ4n) is 2.76. The van der Waals surface area contributed by atoms with Gasteiger partial charge < -0.3 is 5.73 Å². The molecule has 2 N–H and O–H groups in total. The molecule has 2 heteroatoms. The van der Waals surface area contributed by atoms with Crippen molar-refractivity contribution in [3.05, 3.63) is 0 Å². The molecule has 0 spiro atoms. The minimum atomic E-state index is 0.857. The highest BCUT2D eigenvalue weighted by molar-refractivity contribution is 4.89. The molecule has 2 saturated carbocycles. The second kappa shape index (κ2) is 5.13. The Bertz CT molecular complexity index is 160. The van der Waals surface area contributed by atoms with Crippen LogP contribution < -0.4 is 5.73 Å². The lowest BCUT2D eigenvalue weighted by molar-refractivity contribution is 0.146. The van der Waals surface area contributed by atoms with Crippen molar-refractivity contribution in [2.75, 3.05) is 13.1 Å². The van der Waals surface area contributed by atoms with Crippen molar-refractivity contribution in [1.29, 1.82) is 0 Å². The van der Waals surface area contributed by atoms with E-state index in [2.05, 4.69) is 4.90 Å². The van der Waals surface area contributed by atoms with Crippen molar-refractivity contribution in [3.8, 4) is 0 Å². The smallest absolute Gasteiger partial charge is 0.00993 e. The molecule has 0 heterocycles. The van der Waals surface area contributed by atoms with E-state index in [0.29, 0.717) is 0 Å². The molecule has 2 nitrogen and oxygen atoms in total. The monoisotopic (exact) mass is 196 g/mol. The Morgan fingerprint density at radius 3 is 2.14 bits per heavy atom. The normalized spacial score (nSPS) is 24.4. The fraction of sp³-hybridized carbons (Fsp3) is 1.00.